The Morgan fingerprint density at radius 1 is 1.18 bits per heavy atom. The first-order chi connectivity index (χ1) is 13.7. The van der Waals surface area contributed by atoms with Crippen LogP contribution in [0.15, 0.2) is 54.2 Å². The van der Waals surface area contributed by atoms with E-state index in [4.69, 9.17) is 9.84 Å². The highest BCUT2D eigenvalue weighted by atomic mass is 32.1. The number of nitrogens with zero attached hydrogens (tertiary/aromatic N) is 2. The van der Waals surface area contributed by atoms with Crippen LogP contribution in [0.5, 0.6) is 5.75 Å². The molecule has 0 radical (unpaired) electrons. The molecule has 0 spiro atoms. The van der Waals surface area contributed by atoms with Crippen LogP contribution in [-0.4, -0.2) is 47.3 Å². The molecule has 0 fully saturated rings. The van der Waals surface area contributed by atoms with Crippen LogP contribution in [0, 0.1) is 0 Å². The van der Waals surface area contributed by atoms with Crippen molar-refractivity contribution in [1.82, 2.24) is 15.3 Å². The van der Waals surface area contributed by atoms with E-state index in [-0.39, 0.29) is 18.9 Å². The quantitative estimate of drug-likeness (QED) is 0.454. The molecule has 3 N–H and O–H groups in total. The number of aliphatic hydroxyl groups is 1. The molecule has 0 saturated carbocycles. The molecular formula is C20H22N4O3S. The van der Waals surface area contributed by atoms with Gasteiger partial charge in [0.15, 0.2) is 5.13 Å². The Hall–Kier alpha value is -2.81. The lowest BCUT2D eigenvalue weighted by atomic mass is 10.1. The summed E-state index contributed by atoms with van der Waals surface area (Å²) in [6, 6.07) is 11.2. The highest BCUT2D eigenvalue weighted by molar-refractivity contribution is 7.14. The van der Waals surface area contributed by atoms with Gasteiger partial charge in [-0.05, 0) is 29.8 Å². The molecule has 7 nitrogen and oxygen atoms in total. The van der Waals surface area contributed by atoms with Crippen LogP contribution in [0.2, 0.25) is 0 Å². The fourth-order valence-corrected chi connectivity index (χ4v) is 3.26. The molecule has 2 heterocycles. The highest BCUT2D eigenvalue weighted by Crippen LogP contribution is 2.24. The van der Waals surface area contributed by atoms with Crippen LogP contribution >= 0.6 is 11.3 Å². The van der Waals surface area contributed by atoms with E-state index in [0.29, 0.717) is 30.6 Å². The number of pyridine rings is 1. The van der Waals surface area contributed by atoms with Gasteiger partial charge in [-0.25, -0.2) is 4.98 Å². The number of carbonyl (C=O) groups is 1. The molecule has 146 valence electrons. The smallest absolute Gasteiger partial charge is 0.230 e. The minimum atomic E-state index is -0.127. The van der Waals surface area contributed by atoms with Crippen molar-refractivity contribution in [2.75, 3.05) is 31.6 Å². The lowest BCUT2D eigenvalue weighted by Gasteiger charge is -2.08. The van der Waals surface area contributed by atoms with Crippen molar-refractivity contribution >= 4 is 22.4 Å². The normalized spacial score (nSPS) is 10.6. The molecule has 8 heteroatoms. The van der Waals surface area contributed by atoms with Crippen LogP contribution in [0.3, 0.4) is 0 Å². The molecule has 0 aliphatic heterocycles. The minimum Gasteiger partial charge on any atom is -0.492 e. The van der Waals surface area contributed by atoms with Crippen LogP contribution in [0.4, 0.5) is 5.13 Å². The first-order valence-corrected chi connectivity index (χ1v) is 9.81. The van der Waals surface area contributed by atoms with Gasteiger partial charge in [-0.2, -0.15) is 0 Å². The van der Waals surface area contributed by atoms with Crippen molar-refractivity contribution in [3.05, 3.63) is 59.7 Å². The van der Waals surface area contributed by atoms with Crippen LogP contribution in [-0.2, 0) is 11.2 Å². The zero-order chi connectivity index (χ0) is 19.6. The van der Waals surface area contributed by atoms with Crippen molar-refractivity contribution in [3.63, 3.8) is 0 Å². The predicted molar refractivity (Wildman–Crippen MR) is 110 cm³/mol. The number of rotatable bonds is 10. The molecule has 3 aromatic rings. The third-order valence-corrected chi connectivity index (χ3v) is 4.58. The number of hydrogen-bond donors (Lipinski definition) is 3. The summed E-state index contributed by atoms with van der Waals surface area (Å²) >= 11 is 1.39. The number of aromatic nitrogens is 2. The number of aliphatic hydroxyl groups excluding tert-OH is 1. The maximum absolute atomic E-state index is 12.3. The molecule has 0 saturated heterocycles. The molecule has 2 aromatic heterocycles. The molecule has 0 unspecified atom stereocenters. The first kappa shape index (κ1) is 19.9. The zero-order valence-corrected chi connectivity index (χ0v) is 16.1. The second-order valence-electron chi connectivity index (χ2n) is 5.97. The first-order valence-electron chi connectivity index (χ1n) is 8.93. The van der Waals surface area contributed by atoms with Gasteiger partial charge in [-0.1, -0.05) is 12.1 Å². The van der Waals surface area contributed by atoms with Gasteiger partial charge in [0.05, 0.1) is 18.7 Å². The lowest BCUT2D eigenvalue weighted by molar-refractivity contribution is -0.115. The lowest BCUT2D eigenvalue weighted by Crippen LogP contribution is -2.24. The molecule has 28 heavy (non-hydrogen) atoms. The number of amides is 1. The third kappa shape index (κ3) is 6.12. The summed E-state index contributed by atoms with van der Waals surface area (Å²) in [5.41, 5.74) is 2.64. The Bertz CT molecular complexity index is 886. The van der Waals surface area contributed by atoms with E-state index in [1.807, 2.05) is 41.8 Å². The largest absolute Gasteiger partial charge is 0.492 e. The van der Waals surface area contributed by atoms with E-state index < -0.39 is 0 Å². The van der Waals surface area contributed by atoms with Crippen molar-refractivity contribution in [2.45, 2.75) is 6.42 Å². The number of nitrogens with one attached hydrogen (secondary N) is 2. The van der Waals surface area contributed by atoms with Gasteiger partial charge in [0, 0.05) is 36.4 Å². The topological polar surface area (TPSA) is 96.4 Å². The zero-order valence-electron chi connectivity index (χ0n) is 15.3. The summed E-state index contributed by atoms with van der Waals surface area (Å²) in [6.45, 7) is 1.79. The minimum absolute atomic E-state index is 0.105. The molecule has 1 aromatic carbocycles. The maximum atomic E-state index is 12.3. The van der Waals surface area contributed by atoms with Gasteiger partial charge in [-0.15, -0.1) is 11.3 Å². The summed E-state index contributed by atoms with van der Waals surface area (Å²) in [4.78, 5) is 20.8. The third-order valence-electron chi connectivity index (χ3n) is 3.83. The van der Waals surface area contributed by atoms with E-state index in [0.717, 1.165) is 16.8 Å². The van der Waals surface area contributed by atoms with E-state index in [1.165, 1.54) is 11.3 Å². The van der Waals surface area contributed by atoms with Crippen molar-refractivity contribution < 1.29 is 14.6 Å². The maximum Gasteiger partial charge on any atom is 0.230 e. The van der Waals surface area contributed by atoms with Gasteiger partial charge >= 0.3 is 0 Å². The van der Waals surface area contributed by atoms with Gasteiger partial charge < -0.3 is 20.5 Å². The number of thiazole rings is 1. The number of carbonyl (C=O) groups excluding carboxylic acids is 1. The van der Waals surface area contributed by atoms with Crippen LogP contribution in [0.25, 0.3) is 11.3 Å². The van der Waals surface area contributed by atoms with E-state index in [2.05, 4.69) is 20.6 Å². The molecule has 0 atom stereocenters. The summed E-state index contributed by atoms with van der Waals surface area (Å²) < 4.78 is 5.65. The number of benzene rings is 1. The van der Waals surface area contributed by atoms with Crippen LogP contribution < -0.4 is 15.4 Å². The second kappa shape index (κ2) is 10.5. The summed E-state index contributed by atoms with van der Waals surface area (Å²) in [5.74, 6) is 0.586. The van der Waals surface area contributed by atoms with E-state index in [1.54, 1.807) is 12.4 Å². The fourth-order valence-electron chi connectivity index (χ4n) is 2.53. The van der Waals surface area contributed by atoms with Crippen LogP contribution in [0.1, 0.15) is 5.56 Å². The summed E-state index contributed by atoms with van der Waals surface area (Å²) in [5, 5.41) is 17.1. The van der Waals surface area contributed by atoms with Gasteiger partial charge in [0.2, 0.25) is 5.91 Å². The molecule has 1 amide bonds. The monoisotopic (exact) mass is 398 g/mol. The Kier molecular flexibility index (Phi) is 7.48. The Morgan fingerprint density at radius 2 is 2.04 bits per heavy atom. The fraction of sp³-hybridized carbons (Fsp3) is 0.250. The number of hydrogen-bond acceptors (Lipinski definition) is 7. The molecule has 0 aliphatic rings. The summed E-state index contributed by atoms with van der Waals surface area (Å²) in [7, 11) is 0. The van der Waals surface area contributed by atoms with Gasteiger partial charge in [0.25, 0.3) is 0 Å². The van der Waals surface area contributed by atoms with Crippen molar-refractivity contribution in [3.8, 4) is 17.0 Å². The van der Waals surface area contributed by atoms with Crippen molar-refractivity contribution in [1.29, 1.82) is 0 Å². The number of ether oxygens (including phenoxy) is 1. The van der Waals surface area contributed by atoms with Crippen molar-refractivity contribution in [2.24, 2.45) is 0 Å². The van der Waals surface area contributed by atoms with E-state index >= 15 is 0 Å². The average molecular weight is 398 g/mol. The SMILES string of the molecule is O=C(Cc1cccc(OCCNCCO)c1)Nc1nc(-c2ccncc2)cs1. The molecule has 0 aliphatic carbocycles. The van der Waals surface area contributed by atoms with E-state index in [9.17, 15) is 4.79 Å². The number of anilines is 1. The molecular weight excluding hydrogens is 376 g/mol. The van der Waals surface area contributed by atoms with Gasteiger partial charge in [-0.3, -0.25) is 9.78 Å². The Balaban J connectivity index is 1.51. The highest BCUT2D eigenvalue weighted by Gasteiger charge is 2.09. The Labute approximate surface area is 167 Å². The van der Waals surface area contributed by atoms with Gasteiger partial charge in [0.1, 0.15) is 12.4 Å². The molecule has 3 rings (SSSR count). The molecule has 0 bridgehead atoms. The average Bonchev–Trinajstić information content (AvgIpc) is 3.17. The standard InChI is InChI=1S/C20H22N4O3S/c25-10-8-22-9-11-27-17-3-1-2-15(12-17)13-19(26)24-20-23-18(14-28-20)16-4-6-21-7-5-16/h1-7,12,14,22,25H,8-11,13H2,(H,23,24,26). The predicted octanol–water partition coefficient (Wildman–Crippen LogP) is 2.35. The second-order valence-corrected chi connectivity index (χ2v) is 6.83. The Morgan fingerprint density at radius 3 is 2.86 bits per heavy atom. The summed E-state index contributed by atoms with van der Waals surface area (Å²) in [6.07, 6.45) is 3.67.